The molecule has 1 aromatic carbocycles. The van der Waals surface area contributed by atoms with Gasteiger partial charge < -0.3 is 19.2 Å². The second-order valence-corrected chi connectivity index (χ2v) is 11.5. The van der Waals surface area contributed by atoms with E-state index < -0.39 is 4.92 Å². The van der Waals surface area contributed by atoms with Crippen molar-refractivity contribution in [2.24, 2.45) is 16.3 Å². The summed E-state index contributed by atoms with van der Waals surface area (Å²) in [5.41, 5.74) is 1.91. The van der Waals surface area contributed by atoms with Crippen LogP contribution >= 0.6 is 11.3 Å². The van der Waals surface area contributed by atoms with Gasteiger partial charge in [0.1, 0.15) is 17.4 Å². The summed E-state index contributed by atoms with van der Waals surface area (Å²) in [7, 11) is 1.42. The van der Waals surface area contributed by atoms with Gasteiger partial charge in [-0.2, -0.15) is 0 Å². The fourth-order valence-electron chi connectivity index (χ4n) is 4.69. The number of methoxy groups -OCH3 is 1. The number of fused-ring (bicyclic) bond motifs is 1. The molecule has 0 saturated carbocycles. The number of amides is 1. The molecule has 39 heavy (non-hydrogen) atoms. The van der Waals surface area contributed by atoms with Crippen LogP contribution in [0, 0.1) is 21.4 Å². The molecule has 4 rings (SSSR count). The summed E-state index contributed by atoms with van der Waals surface area (Å²) in [6.07, 6.45) is 7.27. The SMILES string of the molecule is C=CCOc1c(C=Nc2sc3c(c2C(=O)NCc2ccco2)CC[C@@H](C(C)(C)C)C3)cc([N+](=O)[O-])cc1OC. The molecule has 1 N–H and O–H groups in total. The average molecular weight is 552 g/mol. The molecule has 1 amide bonds. The molecule has 0 spiro atoms. The molecule has 0 unspecified atom stereocenters. The molecule has 0 fully saturated rings. The molecule has 0 bridgehead atoms. The quantitative estimate of drug-likeness (QED) is 0.130. The van der Waals surface area contributed by atoms with Gasteiger partial charge in [-0.1, -0.05) is 33.4 Å². The number of carbonyl (C=O) groups is 1. The lowest BCUT2D eigenvalue weighted by atomic mass is 9.72. The third-order valence-electron chi connectivity index (χ3n) is 6.87. The van der Waals surface area contributed by atoms with Crippen molar-refractivity contribution in [3.63, 3.8) is 0 Å². The number of nitrogens with zero attached hydrogens (tertiary/aromatic N) is 2. The Labute approximate surface area is 231 Å². The summed E-state index contributed by atoms with van der Waals surface area (Å²) in [6, 6.07) is 6.26. The van der Waals surface area contributed by atoms with Gasteiger partial charge in [-0.3, -0.25) is 14.9 Å². The highest BCUT2D eigenvalue weighted by molar-refractivity contribution is 7.16. The molecule has 206 valence electrons. The van der Waals surface area contributed by atoms with E-state index in [1.165, 1.54) is 36.8 Å². The van der Waals surface area contributed by atoms with Crippen molar-refractivity contribution in [3.8, 4) is 11.5 Å². The second kappa shape index (κ2) is 11.9. The smallest absolute Gasteiger partial charge is 0.274 e. The molecule has 9 nitrogen and oxygen atoms in total. The maximum atomic E-state index is 13.5. The number of ether oxygens (including phenoxy) is 2. The molecular weight excluding hydrogens is 518 g/mol. The summed E-state index contributed by atoms with van der Waals surface area (Å²) in [4.78, 5) is 30.4. The molecule has 2 aromatic heterocycles. The highest BCUT2D eigenvalue weighted by Crippen LogP contribution is 2.45. The Bertz CT molecular complexity index is 1380. The van der Waals surface area contributed by atoms with Gasteiger partial charge in [0, 0.05) is 22.7 Å². The van der Waals surface area contributed by atoms with E-state index >= 15 is 0 Å². The van der Waals surface area contributed by atoms with Crippen LogP contribution in [-0.2, 0) is 19.4 Å². The Kier molecular flexibility index (Phi) is 8.54. The van der Waals surface area contributed by atoms with Gasteiger partial charge in [0.05, 0.1) is 36.5 Å². The number of rotatable bonds is 10. The molecule has 0 radical (unpaired) electrons. The zero-order valence-corrected chi connectivity index (χ0v) is 23.4. The maximum absolute atomic E-state index is 13.5. The molecule has 0 saturated heterocycles. The largest absolute Gasteiger partial charge is 0.493 e. The lowest BCUT2D eigenvalue weighted by Crippen LogP contribution is -2.28. The van der Waals surface area contributed by atoms with Crippen LogP contribution in [0.1, 0.15) is 59.3 Å². The topological polar surface area (TPSA) is 116 Å². The van der Waals surface area contributed by atoms with Crippen LogP contribution in [-0.4, -0.2) is 30.8 Å². The first-order valence-corrected chi connectivity index (χ1v) is 13.5. The fraction of sp³-hybridized carbons (Fsp3) is 0.379. The lowest BCUT2D eigenvalue weighted by molar-refractivity contribution is -0.385. The average Bonchev–Trinajstić information content (AvgIpc) is 3.55. The van der Waals surface area contributed by atoms with Crippen molar-refractivity contribution in [3.05, 3.63) is 80.6 Å². The molecule has 10 heteroatoms. The zero-order chi connectivity index (χ0) is 28.2. The van der Waals surface area contributed by atoms with Gasteiger partial charge in [-0.15, -0.1) is 11.3 Å². The summed E-state index contributed by atoms with van der Waals surface area (Å²) >= 11 is 1.49. The van der Waals surface area contributed by atoms with E-state index in [0.29, 0.717) is 33.6 Å². The highest BCUT2D eigenvalue weighted by atomic mass is 32.1. The molecule has 0 aliphatic heterocycles. The first-order valence-electron chi connectivity index (χ1n) is 12.7. The first-order chi connectivity index (χ1) is 18.6. The van der Waals surface area contributed by atoms with Crippen molar-refractivity contribution in [2.45, 2.75) is 46.6 Å². The van der Waals surface area contributed by atoms with Crippen molar-refractivity contribution in [1.82, 2.24) is 5.32 Å². The van der Waals surface area contributed by atoms with Gasteiger partial charge in [-0.25, -0.2) is 4.99 Å². The van der Waals surface area contributed by atoms with Crippen LogP contribution in [0.3, 0.4) is 0 Å². The number of carbonyl (C=O) groups excluding carboxylic acids is 1. The maximum Gasteiger partial charge on any atom is 0.274 e. The van der Waals surface area contributed by atoms with Crippen molar-refractivity contribution in [1.29, 1.82) is 0 Å². The first kappa shape index (κ1) is 28.1. The van der Waals surface area contributed by atoms with Gasteiger partial charge in [0.2, 0.25) is 0 Å². The number of nitro benzene ring substituents is 1. The zero-order valence-electron chi connectivity index (χ0n) is 22.6. The van der Waals surface area contributed by atoms with Crippen LogP contribution in [0.5, 0.6) is 11.5 Å². The number of non-ortho nitro benzene ring substituents is 1. The third-order valence-corrected chi connectivity index (χ3v) is 8.03. The number of hydrogen-bond acceptors (Lipinski definition) is 8. The summed E-state index contributed by atoms with van der Waals surface area (Å²) in [5.74, 6) is 1.43. The molecule has 1 atom stereocenters. The van der Waals surface area contributed by atoms with Gasteiger partial charge in [0.25, 0.3) is 11.6 Å². The minimum absolute atomic E-state index is 0.143. The number of thiophene rings is 1. The second-order valence-electron chi connectivity index (χ2n) is 10.4. The Hall–Kier alpha value is -3.92. The van der Waals surface area contributed by atoms with E-state index in [1.54, 1.807) is 24.5 Å². The Morgan fingerprint density at radius 1 is 1.38 bits per heavy atom. The Morgan fingerprint density at radius 2 is 2.18 bits per heavy atom. The van der Waals surface area contributed by atoms with E-state index in [9.17, 15) is 14.9 Å². The van der Waals surface area contributed by atoms with Crippen LogP contribution < -0.4 is 14.8 Å². The Morgan fingerprint density at radius 3 is 2.82 bits per heavy atom. The van der Waals surface area contributed by atoms with Crippen molar-refractivity contribution >= 4 is 34.1 Å². The van der Waals surface area contributed by atoms with Crippen LogP contribution in [0.15, 0.2) is 52.6 Å². The van der Waals surface area contributed by atoms with Gasteiger partial charge in [-0.05, 0) is 48.3 Å². The van der Waals surface area contributed by atoms with Crippen molar-refractivity contribution < 1.29 is 23.6 Å². The van der Waals surface area contributed by atoms with Crippen molar-refractivity contribution in [2.75, 3.05) is 13.7 Å². The van der Waals surface area contributed by atoms with E-state index in [0.717, 1.165) is 29.7 Å². The standard InChI is InChI=1S/C29H33N3O6S/c1-6-11-38-26-18(13-20(32(34)35)15-23(26)36-5)16-31-28-25(27(33)30-17-21-8-7-12-37-21)22-10-9-19(29(2,3)4)14-24(22)39-28/h6-8,12-13,15-16,19H,1,9-11,14,17H2,2-5H3,(H,30,33)/t19-/m1/s1. The number of aliphatic imine (C=N–C) groups is 1. The molecule has 3 aromatic rings. The number of benzene rings is 1. The van der Waals surface area contributed by atoms with E-state index in [1.807, 2.05) is 0 Å². The normalized spacial score (nSPS) is 15.1. The van der Waals surface area contributed by atoms with Crippen LogP contribution in [0.2, 0.25) is 0 Å². The minimum atomic E-state index is -0.499. The summed E-state index contributed by atoms with van der Waals surface area (Å²) in [5, 5.41) is 15.1. The summed E-state index contributed by atoms with van der Waals surface area (Å²) < 4.78 is 16.5. The highest BCUT2D eigenvalue weighted by Gasteiger charge is 2.33. The molecule has 1 aliphatic carbocycles. The van der Waals surface area contributed by atoms with Gasteiger partial charge >= 0.3 is 0 Å². The Balaban J connectivity index is 1.76. The minimum Gasteiger partial charge on any atom is -0.493 e. The monoisotopic (exact) mass is 551 g/mol. The third kappa shape index (κ3) is 6.39. The lowest BCUT2D eigenvalue weighted by Gasteiger charge is -2.33. The molecular formula is C29H33N3O6S. The molecule has 1 aliphatic rings. The number of furan rings is 1. The molecule has 2 heterocycles. The van der Waals surface area contributed by atoms with Gasteiger partial charge in [0.15, 0.2) is 11.5 Å². The van der Waals surface area contributed by atoms with Crippen LogP contribution in [0.25, 0.3) is 0 Å². The number of hydrogen-bond donors (Lipinski definition) is 1. The predicted octanol–water partition coefficient (Wildman–Crippen LogP) is 6.65. The number of nitrogens with one attached hydrogen (secondary N) is 1. The van der Waals surface area contributed by atoms with E-state index in [-0.39, 0.29) is 35.9 Å². The summed E-state index contributed by atoms with van der Waals surface area (Å²) in [6.45, 7) is 10.8. The fourth-order valence-corrected chi connectivity index (χ4v) is 5.96. The predicted molar refractivity (Wildman–Crippen MR) is 152 cm³/mol. The van der Waals surface area contributed by atoms with Crippen LogP contribution in [0.4, 0.5) is 10.7 Å². The van der Waals surface area contributed by atoms with E-state index in [4.69, 9.17) is 18.9 Å². The number of nitro groups is 1. The van der Waals surface area contributed by atoms with E-state index in [2.05, 4.69) is 32.7 Å².